The lowest BCUT2D eigenvalue weighted by molar-refractivity contribution is -0.125. The number of para-hydroxylation sites is 1. The van der Waals surface area contributed by atoms with E-state index in [2.05, 4.69) is 10.2 Å². The number of nitrogens with one attached hydrogen (secondary N) is 1. The van der Waals surface area contributed by atoms with Gasteiger partial charge in [0.15, 0.2) is 11.5 Å². The summed E-state index contributed by atoms with van der Waals surface area (Å²) in [5.74, 6) is 1.62. The zero-order valence-electron chi connectivity index (χ0n) is 14.3. The predicted octanol–water partition coefficient (Wildman–Crippen LogP) is 1.57. The van der Waals surface area contributed by atoms with Gasteiger partial charge in [-0.1, -0.05) is 12.1 Å². The first-order chi connectivity index (χ1) is 11.8. The van der Waals surface area contributed by atoms with Crippen LogP contribution in [0.1, 0.15) is 25.3 Å². The first-order valence-corrected chi connectivity index (χ1v) is 8.76. The van der Waals surface area contributed by atoms with Crippen molar-refractivity contribution in [1.82, 2.24) is 10.2 Å². The topological polar surface area (TPSA) is 60.0 Å². The van der Waals surface area contributed by atoms with Crippen LogP contribution < -0.4 is 14.8 Å². The fraction of sp³-hybridized carbons (Fsp3) is 0.611. The van der Waals surface area contributed by atoms with Gasteiger partial charge >= 0.3 is 0 Å². The number of hydrogen-bond acceptors (Lipinski definition) is 5. The van der Waals surface area contributed by atoms with Crippen LogP contribution in [0, 0.1) is 0 Å². The maximum Gasteiger partial charge on any atom is 0.237 e. The molecule has 1 aromatic rings. The summed E-state index contributed by atoms with van der Waals surface area (Å²) in [5, 5.41) is 2.98. The van der Waals surface area contributed by atoms with E-state index in [9.17, 15) is 4.79 Å². The lowest BCUT2D eigenvalue weighted by Gasteiger charge is -2.25. The number of nitrogens with zero attached hydrogens (tertiary/aromatic N) is 1. The van der Waals surface area contributed by atoms with Crippen molar-refractivity contribution in [1.29, 1.82) is 0 Å². The van der Waals surface area contributed by atoms with Gasteiger partial charge in [0.05, 0.1) is 25.9 Å². The van der Waals surface area contributed by atoms with Gasteiger partial charge in [-0.25, -0.2) is 0 Å². The molecule has 2 aliphatic heterocycles. The van der Waals surface area contributed by atoms with E-state index in [-0.39, 0.29) is 11.9 Å². The van der Waals surface area contributed by atoms with Crippen molar-refractivity contribution in [3.05, 3.63) is 23.8 Å². The molecule has 0 aliphatic carbocycles. The quantitative estimate of drug-likeness (QED) is 0.890. The molecule has 0 radical (unpaired) electrons. The molecule has 2 aliphatic rings. The van der Waals surface area contributed by atoms with Crippen LogP contribution in [0.15, 0.2) is 18.2 Å². The summed E-state index contributed by atoms with van der Waals surface area (Å²) in [6, 6.07) is 5.88. The maximum absolute atomic E-state index is 12.4. The molecule has 1 amide bonds. The van der Waals surface area contributed by atoms with E-state index in [0.717, 1.165) is 36.4 Å². The minimum absolute atomic E-state index is 0.0747. The molecule has 0 unspecified atom stereocenters. The van der Waals surface area contributed by atoms with Gasteiger partial charge in [0.2, 0.25) is 5.91 Å². The Morgan fingerprint density at radius 2 is 2.25 bits per heavy atom. The molecule has 0 spiro atoms. The second-order valence-corrected chi connectivity index (χ2v) is 6.06. The van der Waals surface area contributed by atoms with E-state index < -0.39 is 0 Å². The van der Waals surface area contributed by atoms with Crippen LogP contribution in [0.2, 0.25) is 0 Å². The van der Waals surface area contributed by atoms with Crippen LogP contribution in [-0.2, 0) is 16.1 Å². The van der Waals surface area contributed by atoms with E-state index in [1.165, 1.54) is 0 Å². The van der Waals surface area contributed by atoms with Gasteiger partial charge in [0, 0.05) is 18.7 Å². The third-order valence-corrected chi connectivity index (χ3v) is 4.42. The van der Waals surface area contributed by atoms with Crippen molar-refractivity contribution in [2.24, 2.45) is 0 Å². The van der Waals surface area contributed by atoms with Gasteiger partial charge in [-0.2, -0.15) is 0 Å². The molecular formula is C18H26N2O4. The van der Waals surface area contributed by atoms with Crippen LogP contribution in [-0.4, -0.2) is 56.4 Å². The Kier molecular flexibility index (Phi) is 5.93. The van der Waals surface area contributed by atoms with Crippen molar-refractivity contribution in [3.63, 3.8) is 0 Å². The maximum atomic E-state index is 12.4. The Labute approximate surface area is 143 Å². The highest BCUT2D eigenvalue weighted by atomic mass is 16.5. The Morgan fingerprint density at radius 3 is 3.12 bits per heavy atom. The van der Waals surface area contributed by atoms with Gasteiger partial charge in [-0.05, 0) is 32.4 Å². The molecule has 3 rings (SSSR count). The van der Waals surface area contributed by atoms with Gasteiger partial charge < -0.3 is 19.5 Å². The standard InChI is InChI=1S/C18H26N2O4/c1-2-23-16-7-3-5-14-13-20-9-4-6-15(20)18(21)19-8-10-22-11-12-24-17(14)16/h3,5,7,15H,2,4,6,8-13H2,1H3,(H,19,21)/t15-/m0/s1. The van der Waals surface area contributed by atoms with Crippen molar-refractivity contribution in [3.8, 4) is 11.5 Å². The van der Waals surface area contributed by atoms with Crippen LogP contribution in [0.5, 0.6) is 11.5 Å². The fourth-order valence-electron chi connectivity index (χ4n) is 3.32. The second-order valence-electron chi connectivity index (χ2n) is 6.06. The molecule has 0 saturated carbocycles. The summed E-state index contributed by atoms with van der Waals surface area (Å²) in [5.41, 5.74) is 1.06. The van der Waals surface area contributed by atoms with E-state index in [4.69, 9.17) is 14.2 Å². The number of rotatable bonds is 2. The third-order valence-electron chi connectivity index (χ3n) is 4.42. The first-order valence-electron chi connectivity index (χ1n) is 8.76. The molecule has 1 aromatic carbocycles. The van der Waals surface area contributed by atoms with Crippen LogP contribution in [0.4, 0.5) is 0 Å². The zero-order chi connectivity index (χ0) is 16.8. The van der Waals surface area contributed by atoms with Crippen LogP contribution >= 0.6 is 0 Å². The average Bonchev–Trinajstić information content (AvgIpc) is 3.03. The van der Waals surface area contributed by atoms with Crippen molar-refractivity contribution in [2.75, 3.05) is 39.5 Å². The monoisotopic (exact) mass is 334 g/mol. The van der Waals surface area contributed by atoms with E-state index in [1.54, 1.807) is 0 Å². The SMILES string of the molecule is CCOc1cccc2c1OCCOCCNC(=O)[C@@H]1CCCN1C2. The summed E-state index contributed by atoms with van der Waals surface area (Å²) in [7, 11) is 0. The molecule has 6 nitrogen and oxygen atoms in total. The number of ether oxygens (including phenoxy) is 3. The Bertz CT molecular complexity index is 564. The largest absolute Gasteiger partial charge is 0.490 e. The molecule has 24 heavy (non-hydrogen) atoms. The highest BCUT2D eigenvalue weighted by molar-refractivity contribution is 5.82. The molecule has 1 N–H and O–H groups in total. The highest BCUT2D eigenvalue weighted by Crippen LogP contribution is 2.33. The molecule has 1 fully saturated rings. The zero-order valence-corrected chi connectivity index (χ0v) is 14.3. The van der Waals surface area contributed by atoms with Crippen molar-refractivity contribution in [2.45, 2.75) is 32.4 Å². The van der Waals surface area contributed by atoms with Gasteiger partial charge in [-0.3, -0.25) is 9.69 Å². The molecule has 132 valence electrons. The molecule has 6 heteroatoms. The van der Waals surface area contributed by atoms with Gasteiger partial charge in [0.1, 0.15) is 6.61 Å². The summed E-state index contributed by atoms with van der Waals surface area (Å²) >= 11 is 0. The average molecular weight is 334 g/mol. The highest BCUT2D eigenvalue weighted by Gasteiger charge is 2.31. The predicted molar refractivity (Wildman–Crippen MR) is 90.4 cm³/mol. The van der Waals surface area contributed by atoms with Crippen molar-refractivity contribution >= 4 is 5.91 Å². The third kappa shape index (κ3) is 3.99. The minimum atomic E-state index is -0.0747. The number of benzene rings is 1. The molecule has 1 atom stereocenters. The van der Waals surface area contributed by atoms with E-state index in [0.29, 0.717) is 39.5 Å². The second kappa shape index (κ2) is 8.35. The van der Waals surface area contributed by atoms with Gasteiger partial charge in [0.25, 0.3) is 0 Å². The van der Waals surface area contributed by atoms with Crippen LogP contribution in [0.3, 0.4) is 0 Å². The Morgan fingerprint density at radius 1 is 1.33 bits per heavy atom. The smallest absolute Gasteiger partial charge is 0.237 e. The number of hydrogen-bond donors (Lipinski definition) is 1. The molecule has 1 saturated heterocycles. The normalized spacial score (nSPS) is 22.9. The number of amides is 1. The van der Waals surface area contributed by atoms with Gasteiger partial charge in [-0.15, -0.1) is 0 Å². The lowest BCUT2D eigenvalue weighted by Crippen LogP contribution is -2.43. The lowest BCUT2D eigenvalue weighted by atomic mass is 10.1. The van der Waals surface area contributed by atoms with Crippen LogP contribution in [0.25, 0.3) is 0 Å². The van der Waals surface area contributed by atoms with E-state index in [1.807, 2.05) is 25.1 Å². The number of carbonyl (C=O) groups excluding carboxylic acids is 1. The number of fused-ring (bicyclic) bond motifs is 2. The molecule has 2 heterocycles. The summed E-state index contributed by atoms with van der Waals surface area (Å²) in [4.78, 5) is 14.6. The number of carbonyl (C=O) groups is 1. The molecule has 0 aromatic heterocycles. The summed E-state index contributed by atoms with van der Waals surface area (Å²) in [6.07, 6.45) is 1.93. The molecular weight excluding hydrogens is 308 g/mol. The summed E-state index contributed by atoms with van der Waals surface area (Å²) in [6.45, 7) is 6.16. The first kappa shape index (κ1) is 17.0. The fourth-order valence-corrected chi connectivity index (χ4v) is 3.32. The minimum Gasteiger partial charge on any atom is -0.490 e. The molecule has 0 bridgehead atoms. The Hall–Kier alpha value is -1.79. The van der Waals surface area contributed by atoms with Crippen molar-refractivity contribution < 1.29 is 19.0 Å². The van der Waals surface area contributed by atoms with E-state index >= 15 is 0 Å². The Balaban J connectivity index is 1.87. The summed E-state index contributed by atoms with van der Waals surface area (Å²) < 4.78 is 17.2.